The van der Waals surface area contributed by atoms with Gasteiger partial charge in [-0.15, -0.1) is 0 Å². The molecule has 5 rings (SSSR count). The Balaban J connectivity index is 1.18. The molecule has 1 atom stereocenters. The molecule has 1 saturated carbocycles. The lowest BCUT2D eigenvalue weighted by molar-refractivity contribution is -0.127. The number of hydrogen-bond donors (Lipinski definition) is 1. The van der Waals surface area contributed by atoms with Crippen LogP contribution in [0.1, 0.15) is 66.4 Å². The summed E-state index contributed by atoms with van der Waals surface area (Å²) in [6.07, 6.45) is 7.78. The summed E-state index contributed by atoms with van der Waals surface area (Å²) < 4.78 is 8.09. The van der Waals surface area contributed by atoms with E-state index in [9.17, 15) is 9.59 Å². The van der Waals surface area contributed by atoms with E-state index in [1.807, 2.05) is 27.7 Å². The third-order valence-electron chi connectivity index (χ3n) is 6.96. The van der Waals surface area contributed by atoms with Crippen LogP contribution in [0.5, 0.6) is 0 Å². The summed E-state index contributed by atoms with van der Waals surface area (Å²) in [4.78, 5) is 32.0. The van der Waals surface area contributed by atoms with Crippen molar-refractivity contribution >= 4 is 11.8 Å². The van der Waals surface area contributed by atoms with E-state index < -0.39 is 0 Å². The Labute approximate surface area is 182 Å². The van der Waals surface area contributed by atoms with Crippen molar-refractivity contribution < 1.29 is 14.3 Å². The van der Waals surface area contributed by atoms with Crippen LogP contribution in [0, 0.1) is 5.92 Å². The summed E-state index contributed by atoms with van der Waals surface area (Å²) in [6, 6.07) is 10.5. The van der Waals surface area contributed by atoms with Crippen LogP contribution in [0.4, 0.5) is 0 Å². The Morgan fingerprint density at radius 3 is 2.52 bits per heavy atom. The number of nitrogens with zero attached hydrogens (tertiary/aromatic N) is 3. The minimum Gasteiger partial charge on any atom is -0.365 e. The number of hydrogen-bond acceptors (Lipinski definition) is 4. The molecule has 2 aliphatic heterocycles. The first-order valence-electron chi connectivity index (χ1n) is 11.5. The first-order valence-corrected chi connectivity index (χ1v) is 11.5. The lowest BCUT2D eigenvalue weighted by Crippen LogP contribution is -2.45. The Hall–Kier alpha value is -2.67. The number of benzene rings is 1. The molecule has 1 N–H and O–H groups in total. The summed E-state index contributed by atoms with van der Waals surface area (Å²) in [5.74, 6) is 0.124. The molecule has 1 aromatic carbocycles. The third-order valence-corrected chi connectivity index (χ3v) is 6.96. The first kappa shape index (κ1) is 20.2. The van der Waals surface area contributed by atoms with E-state index in [-0.39, 0.29) is 23.8 Å². The van der Waals surface area contributed by atoms with Crippen molar-refractivity contribution in [2.45, 2.75) is 63.8 Å². The van der Waals surface area contributed by atoms with Crippen molar-refractivity contribution in [3.63, 3.8) is 0 Å². The minimum absolute atomic E-state index is 0.00975. The average Bonchev–Trinajstić information content (AvgIpc) is 3.48. The van der Waals surface area contributed by atoms with Crippen molar-refractivity contribution in [1.82, 2.24) is 19.8 Å². The molecule has 31 heavy (non-hydrogen) atoms. The largest absolute Gasteiger partial charge is 0.365 e. The zero-order chi connectivity index (χ0) is 21.2. The monoisotopic (exact) mass is 422 g/mol. The molecule has 1 aromatic heterocycles. The van der Waals surface area contributed by atoms with E-state index in [0.717, 1.165) is 24.1 Å². The number of piperidine rings is 1. The van der Waals surface area contributed by atoms with Gasteiger partial charge in [0.05, 0.1) is 25.2 Å². The normalized spacial score (nSPS) is 22.3. The molecule has 7 heteroatoms. The van der Waals surface area contributed by atoms with Crippen LogP contribution in [-0.4, -0.2) is 45.4 Å². The molecule has 2 aromatic rings. The van der Waals surface area contributed by atoms with Crippen LogP contribution in [0.25, 0.3) is 0 Å². The van der Waals surface area contributed by atoms with Crippen LogP contribution in [0.2, 0.25) is 0 Å². The summed E-state index contributed by atoms with van der Waals surface area (Å²) in [6.45, 7) is 2.23. The van der Waals surface area contributed by atoms with Gasteiger partial charge in [0.25, 0.3) is 5.91 Å². The molecule has 1 saturated heterocycles. The molecule has 0 bridgehead atoms. The van der Waals surface area contributed by atoms with E-state index in [1.165, 1.54) is 12.8 Å². The van der Waals surface area contributed by atoms with Crippen molar-refractivity contribution in [3.05, 3.63) is 53.6 Å². The van der Waals surface area contributed by atoms with E-state index in [4.69, 9.17) is 4.74 Å². The summed E-state index contributed by atoms with van der Waals surface area (Å²) in [5, 5.41) is 3.20. The number of aromatic nitrogens is 2. The zero-order valence-electron chi connectivity index (χ0n) is 17.8. The number of nitrogens with one attached hydrogen (secondary N) is 1. The van der Waals surface area contributed by atoms with E-state index in [0.29, 0.717) is 50.8 Å². The second-order valence-corrected chi connectivity index (χ2v) is 8.96. The van der Waals surface area contributed by atoms with Crippen molar-refractivity contribution in [3.8, 4) is 0 Å². The van der Waals surface area contributed by atoms with Gasteiger partial charge in [0.1, 0.15) is 6.10 Å². The Morgan fingerprint density at radius 2 is 1.77 bits per heavy atom. The fraction of sp³-hybridized carbons (Fsp3) is 0.542. The number of ether oxygens (including phenoxy) is 1. The molecule has 164 valence electrons. The predicted octanol–water partition coefficient (Wildman–Crippen LogP) is 3.07. The highest BCUT2D eigenvalue weighted by Crippen LogP contribution is 2.29. The van der Waals surface area contributed by atoms with Gasteiger partial charge in [0.15, 0.2) is 5.69 Å². The highest BCUT2D eigenvalue weighted by molar-refractivity contribution is 5.93. The highest BCUT2D eigenvalue weighted by atomic mass is 16.5. The molecule has 3 heterocycles. The lowest BCUT2D eigenvalue weighted by Gasteiger charge is -2.32. The Kier molecular flexibility index (Phi) is 5.76. The fourth-order valence-electron chi connectivity index (χ4n) is 5.06. The SMILES string of the molecule is O=C(NC1CCCC1)C1CCN(C(=O)c2ncn3c2CO[C@@H](c2ccccc2)C3)CC1. The molecular weight excluding hydrogens is 392 g/mol. The van der Waals surface area contributed by atoms with Crippen LogP contribution in [-0.2, 0) is 22.7 Å². The summed E-state index contributed by atoms with van der Waals surface area (Å²) in [5.41, 5.74) is 2.46. The number of carbonyl (C=O) groups is 2. The van der Waals surface area contributed by atoms with Gasteiger partial charge in [0, 0.05) is 25.0 Å². The maximum Gasteiger partial charge on any atom is 0.274 e. The number of likely N-dealkylation sites (tertiary alicyclic amines) is 1. The van der Waals surface area contributed by atoms with Crippen LogP contribution >= 0.6 is 0 Å². The average molecular weight is 423 g/mol. The standard InChI is InChI=1S/C24H30N4O3/c29-23(26-19-8-4-5-9-19)18-10-12-27(13-11-18)24(30)22-20-15-31-21(14-28(20)16-25-22)17-6-2-1-3-7-17/h1-3,6-7,16,18-19,21H,4-5,8-15H2,(H,26,29)/t21-/m1/s1. The highest BCUT2D eigenvalue weighted by Gasteiger charge is 2.32. The number of rotatable bonds is 4. The summed E-state index contributed by atoms with van der Waals surface area (Å²) >= 11 is 0. The van der Waals surface area contributed by atoms with Crippen LogP contribution in [0.15, 0.2) is 36.7 Å². The quantitative estimate of drug-likeness (QED) is 0.822. The van der Waals surface area contributed by atoms with Crippen LogP contribution < -0.4 is 5.32 Å². The second-order valence-electron chi connectivity index (χ2n) is 8.96. The Bertz CT molecular complexity index is 928. The predicted molar refractivity (Wildman–Crippen MR) is 115 cm³/mol. The topological polar surface area (TPSA) is 76.5 Å². The first-order chi connectivity index (χ1) is 15.2. The smallest absolute Gasteiger partial charge is 0.274 e. The van der Waals surface area contributed by atoms with Crippen molar-refractivity contribution in [2.75, 3.05) is 13.1 Å². The van der Waals surface area contributed by atoms with Crippen LogP contribution in [0.3, 0.4) is 0 Å². The van der Waals surface area contributed by atoms with Gasteiger partial charge >= 0.3 is 0 Å². The molecule has 1 aliphatic carbocycles. The second kappa shape index (κ2) is 8.83. The van der Waals surface area contributed by atoms with Gasteiger partial charge in [-0.1, -0.05) is 43.2 Å². The molecule has 3 aliphatic rings. The lowest BCUT2D eigenvalue weighted by atomic mass is 9.95. The number of fused-ring (bicyclic) bond motifs is 1. The minimum atomic E-state index is -0.0508. The van der Waals surface area contributed by atoms with Gasteiger partial charge in [-0.3, -0.25) is 9.59 Å². The van der Waals surface area contributed by atoms with Gasteiger partial charge in [-0.2, -0.15) is 0 Å². The summed E-state index contributed by atoms with van der Waals surface area (Å²) in [7, 11) is 0. The molecule has 0 unspecified atom stereocenters. The number of carbonyl (C=O) groups excluding carboxylic acids is 2. The Morgan fingerprint density at radius 1 is 1.03 bits per heavy atom. The maximum atomic E-state index is 13.1. The zero-order valence-corrected chi connectivity index (χ0v) is 17.8. The molecule has 7 nitrogen and oxygen atoms in total. The fourth-order valence-corrected chi connectivity index (χ4v) is 5.06. The van der Waals surface area contributed by atoms with Gasteiger partial charge in [-0.25, -0.2) is 4.98 Å². The van der Waals surface area contributed by atoms with Gasteiger partial charge < -0.3 is 19.5 Å². The molecule has 2 fully saturated rings. The van der Waals surface area contributed by atoms with E-state index in [1.54, 1.807) is 6.33 Å². The van der Waals surface area contributed by atoms with Gasteiger partial charge in [0.2, 0.25) is 5.91 Å². The van der Waals surface area contributed by atoms with E-state index in [2.05, 4.69) is 22.4 Å². The van der Waals surface area contributed by atoms with E-state index >= 15 is 0 Å². The molecular formula is C24H30N4O3. The number of amides is 2. The maximum absolute atomic E-state index is 13.1. The van der Waals surface area contributed by atoms with Gasteiger partial charge in [-0.05, 0) is 31.2 Å². The third kappa shape index (κ3) is 4.24. The molecule has 0 radical (unpaired) electrons. The van der Waals surface area contributed by atoms with Crippen molar-refractivity contribution in [2.24, 2.45) is 5.92 Å². The molecule has 0 spiro atoms. The molecule has 2 amide bonds. The number of imidazole rings is 1. The van der Waals surface area contributed by atoms with Crippen molar-refractivity contribution in [1.29, 1.82) is 0 Å².